The summed E-state index contributed by atoms with van der Waals surface area (Å²) >= 11 is 0. The van der Waals surface area contributed by atoms with Gasteiger partial charge in [0.15, 0.2) is 0 Å². The molecule has 0 heterocycles. The maximum absolute atomic E-state index is 12.6. The molecule has 0 spiro atoms. The van der Waals surface area contributed by atoms with E-state index in [9.17, 15) is 14.7 Å². The van der Waals surface area contributed by atoms with Crippen molar-refractivity contribution in [1.29, 1.82) is 0 Å². The summed E-state index contributed by atoms with van der Waals surface area (Å²) in [6, 6.07) is 0.234. The van der Waals surface area contributed by atoms with Gasteiger partial charge in [-0.2, -0.15) is 0 Å². The van der Waals surface area contributed by atoms with Crippen LogP contribution in [0.3, 0.4) is 0 Å². The molecule has 1 amide bonds. The smallest absolute Gasteiger partial charge is 0.224 e. The van der Waals surface area contributed by atoms with Crippen molar-refractivity contribution in [2.75, 3.05) is 0 Å². The summed E-state index contributed by atoms with van der Waals surface area (Å²) < 4.78 is 0. The number of carbonyl (C=O) groups excluding carboxylic acids is 2. The van der Waals surface area contributed by atoms with Gasteiger partial charge in [0, 0.05) is 23.8 Å². The molecule has 0 aromatic heterocycles. The van der Waals surface area contributed by atoms with Crippen molar-refractivity contribution in [3.8, 4) is 0 Å². The van der Waals surface area contributed by atoms with Crippen LogP contribution in [0.4, 0.5) is 0 Å². The highest BCUT2D eigenvalue weighted by Crippen LogP contribution is 2.52. The van der Waals surface area contributed by atoms with Crippen molar-refractivity contribution in [3.63, 3.8) is 0 Å². The monoisotopic (exact) mass is 278 g/mol. The van der Waals surface area contributed by atoms with Crippen LogP contribution in [0.15, 0.2) is 0 Å². The van der Waals surface area contributed by atoms with Crippen LogP contribution in [-0.2, 0) is 9.59 Å². The molecule has 0 aromatic rings. The number of carboxylic acids is 1. The second kappa shape index (κ2) is 5.38. The second-order valence-corrected chi connectivity index (χ2v) is 7.08. The zero-order valence-corrected chi connectivity index (χ0v) is 12.1. The minimum absolute atomic E-state index is 0.0230. The summed E-state index contributed by atoms with van der Waals surface area (Å²) in [7, 11) is 0. The minimum atomic E-state index is -1.02. The maximum Gasteiger partial charge on any atom is 0.224 e. The molecule has 4 nitrogen and oxygen atoms in total. The average molecular weight is 278 g/mol. The lowest BCUT2D eigenvalue weighted by Gasteiger charge is -2.35. The van der Waals surface area contributed by atoms with Gasteiger partial charge in [-0.1, -0.05) is 19.8 Å². The molecule has 0 aromatic carbocycles. The number of nitrogens with one attached hydrogen (secondary N) is 1. The predicted octanol–water partition coefficient (Wildman–Crippen LogP) is 1.09. The van der Waals surface area contributed by atoms with Gasteiger partial charge < -0.3 is 15.2 Å². The molecular weight excluding hydrogens is 254 g/mol. The number of rotatable bonds is 3. The first-order valence-electron chi connectivity index (χ1n) is 8.09. The molecule has 3 fully saturated rings. The number of aliphatic carboxylic acids is 1. The van der Waals surface area contributed by atoms with Crippen LogP contribution in [0.1, 0.15) is 51.9 Å². The van der Waals surface area contributed by atoms with E-state index in [0.29, 0.717) is 5.92 Å². The van der Waals surface area contributed by atoms with E-state index in [-0.39, 0.29) is 29.7 Å². The number of amides is 1. The molecule has 2 bridgehead atoms. The van der Waals surface area contributed by atoms with E-state index in [0.717, 1.165) is 38.5 Å². The summed E-state index contributed by atoms with van der Waals surface area (Å²) in [4.78, 5) is 23.9. The van der Waals surface area contributed by atoms with Crippen LogP contribution in [0, 0.1) is 29.6 Å². The summed E-state index contributed by atoms with van der Waals surface area (Å²) in [6.07, 6.45) is 7.45. The first-order chi connectivity index (χ1) is 9.58. The average Bonchev–Trinajstić information content (AvgIpc) is 3.01. The molecule has 20 heavy (non-hydrogen) atoms. The molecule has 4 heteroatoms. The Kier molecular flexibility index (Phi) is 3.74. The highest BCUT2D eigenvalue weighted by Gasteiger charge is 2.51. The van der Waals surface area contributed by atoms with Gasteiger partial charge in [-0.25, -0.2) is 0 Å². The SMILES string of the molecule is C[C@H]1CCCC[C@@H]1NC(=O)[C@@H]1[C@@H]2CC[C@@H](C2)[C@@H]1C(=O)[O-]. The third-order valence-corrected chi connectivity index (χ3v) is 5.93. The van der Waals surface area contributed by atoms with Gasteiger partial charge in [-0.05, 0) is 49.9 Å². The van der Waals surface area contributed by atoms with Gasteiger partial charge >= 0.3 is 0 Å². The molecule has 0 aliphatic heterocycles. The predicted molar refractivity (Wildman–Crippen MR) is 72.4 cm³/mol. The fourth-order valence-electron chi connectivity index (χ4n) is 4.82. The Hall–Kier alpha value is -1.06. The maximum atomic E-state index is 12.6. The van der Waals surface area contributed by atoms with Crippen molar-refractivity contribution < 1.29 is 14.7 Å². The van der Waals surface area contributed by atoms with E-state index in [1.165, 1.54) is 6.42 Å². The summed E-state index contributed by atoms with van der Waals surface area (Å²) in [5.41, 5.74) is 0. The number of fused-ring (bicyclic) bond motifs is 2. The van der Waals surface area contributed by atoms with Gasteiger partial charge in [-0.3, -0.25) is 4.79 Å². The lowest BCUT2D eigenvalue weighted by Crippen LogP contribution is -2.50. The highest BCUT2D eigenvalue weighted by molar-refractivity contribution is 5.85. The third-order valence-electron chi connectivity index (χ3n) is 5.93. The van der Waals surface area contributed by atoms with Crippen molar-refractivity contribution in [1.82, 2.24) is 5.32 Å². The number of carbonyl (C=O) groups is 2. The number of hydrogen-bond acceptors (Lipinski definition) is 3. The molecular formula is C16H24NO3-. The Morgan fingerprint density at radius 3 is 2.30 bits per heavy atom. The summed E-state index contributed by atoms with van der Waals surface area (Å²) in [5.74, 6) is -0.987. The van der Waals surface area contributed by atoms with Crippen LogP contribution in [-0.4, -0.2) is 17.9 Å². The quantitative estimate of drug-likeness (QED) is 0.840. The van der Waals surface area contributed by atoms with Crippen LogP contribution >= 0.6 is 0 Å². The summed E-state index contributed by atoms with van der Waals surface area (Å²) in [6.45, 7) is 2.18. The topological polar surface area (TPSA) is 69.2 Å². The van der Waals surface area contributed by atoms with Gasteiger partial charge in [0.25, 0.3) is 0 Å². The fraction of sp³-hybridized carbons (Fsp3) is 0.875. The molecule has 3 aliphatic rings. The van der Waals surface area contributed by atoms with Gasteiger partial charge in [0.2, 0.25) is 5.91 Å². The molecule has 6 atom stereocenters. The van der Waals surface area contributed by atoms with Gasteiger partial charge in [0.1, 0.15) is 0 Å². The second-order valence-electron chi connectivity index (χ2n) is 7.08. The van der Waals surface area contributed by atoms with E-state index in [2.05, 4.69) is 12.2 Å². The van der Waals surface area contributed by atoms with Crippen molar-refractivity contribution >= 4 is 11.9 Å². The van der Waals surface area contributed by atoms with Crippen LogP contribution < -0.4 is 10.4 Å². The largest absolute Gasteiger partial charge is 0.550 e. The van der Waals surface area contributed by atoms with Crippen LogP contribution in [0.5, 0.6) is 0 Å². The summed E-state index contributed by atoms with van der Waals surface area (Å²) in [5, 5.41) is 14.5. The Morgan fingerprint density at radius 1 is 1.00 bits per heavy atom. The van der Waals surface area contributed by atoms with E-state index < -0.39 is 11.9 Å². The Balaban J connectivity index is 1.68. The minimum Gasteiger partial charge on any atom is -0.550 e. The Morgan fingerprint density at radius 2 is 1.65 bits per heavy atom. The van der Waals surface area contributed by atoms with E-state index in [1.807, 2.05) is 0 Å². The third kappa shape index (κ3) is 2.33. The lowest BCUT2D eigenvalue weighted by atomic mass is 9.78. The molecule has 1 N–H and O–H groups in total. The van der Waals surface area contributed by atoms with Crippen LogP contribution in [0.2, 0.25) is 0 Å². The van der Waals surface area contributed by atoms with Crippen molar-refractivity contribution in [3.05, 3.63) is 0 Å². The Bertz CT molecular complexity index is 409. The van der Waals surface area contributed by atoms with Gasteiger partial charge in [0.05, 0.1) is 0 Å². The first-order valence-corrected chi connectivity index (χ1v) is 8.09. The zero-order valence-electron chi connectivity index (χ0n) is 12.1. The van der Waals surface area contributed by atoms with Gasteiger partial charge in [-0.15, -0.1) is 0 Å². The first kappa shape index (κ1) is 13.9. The fourth-order valence-corrected chi connectivity index (χ4v) is 4.82. The van der Waals surface area contributed by atoms with E-state index in [4.69, 9.17) is 0 Å². The highest BCUT2D eigenvalue weighted by atomic mass is 16.4. The Labute approximate surface area is 120 Å². The normalized spacial score (nSPS) is 43.5. The van der Waals surface area contributed by atoms with E-state index >= 15 is 0 Å². The lowest BCUT2D eigenvalue weighted by molar-refractivity contribution is -0.314. The number of hydrogen-bond donors (Lipinski definition) is 1. The van der Waals surface area contributed by atoms with Crippen LogP contribution in [0.25, 0.3) is 0 Å². The molecule has 0 radical (unpaired) electrons. The molecule has 112 valence electrons. The van der Waals surface area contributed by atoms with Crippen molar-refractivity contribution in [2.45, 2.75) is 57.9 Å². The standard InChI is InChI=1S/C16H25NO3/c1-9-4-2-3-5-12(9)17-15(18)13-10-6-7-11(8-10)14(13)16(19)20/h9-14H,2-8H2,1H3,(H,17,18)(H,19,20)/p-1/t9-,10+,11-,12-,13+,14-/m0/s1. The molecule has 3 aliphatic carbocycles. The molecule has 0 saturated heterocycles. The molecule has 3 saturated carbocycles. The number of carboxylic acid groups (broad SMARTS) is 1. The molecule has 0 unspecified atom stereocenters. The zero-order chi connectivity index (χ0) is 14.3. The van der Waals surface area contributed by atoms with E-state index in [1.54, 1.807) is 0 Å². The molecule has 3 rings (SSSR count). The van der Waals surface area contributed by atoms with Crippen molar-refractivity contribution in [2.24, 2.45) is 29.6 Å².